The number of ketones is 1. The number of hydrogen-bond donors (Lipinski definition) is 1. The van der Waals surface area contributed by atoms with Crippen molar-refractivity contribution in [3.63, 3.8) is 0 Å². The largest absolute Gasteiger partial charge is 0.382 e. The lowest BCUT2D eigenvalue weighted by Gasteiger charge is -2.49. The predicted molar refractivity (Wildman–Crippen MR) is 124 cm³/mol. The molecule has 2 unspecified atom stereocenters. The van der Waals surface area contributed by atoms with E-state index in [2.05, 4.69) is 26.1 Å². The molecule has 0 saturated carbocycles. The van der Waals surface area contributed by atoms with Gasteiger partial charge in [-0.05, 0) is 31.5 Å². The molecule has 4 rings (SSSR count). The van der Waals surface area contributed by atoms with Gasteiger partial charge in [0.15, 0.2) is 10.8 Å². The molecular formula is C22H24BrFN4O4S. The van der Waals surface area contributed by atoms with Crippen molar-refractivity contribution >= 4 is 44.5 Å². The quantitative estimate of drug-likeness (QED) is 0.602. The van der Waals surface area contributed by atoms with Gasteiger partial charge in [0.1, 0.15) is 23.0 Å². The SMILES string of the molecule is COC[C@H]1CN(C(C)C)C(=O)C2C(O)C(=O)C(c3nnc(Cc4ccc(F)cc4Br)s3)=CN21. The van der Waals surface area contributed by atoms with Crippen LogP contribution in [0.1, 0.15) is 29.4 Å². The first-order valence-electron chi connectivity index (χ1n) is 10.5. The summed E-state index contributed by atoms with van der Waals surface area (Å²) in [6.45, 7) is 4.55. The molecule has 0 bridgehead atoms. The van der Waals surface area contributed by atoms with E-state index in [0.717, 1.165) is 5.56 Å². The van der Waals surface area contributed by atoms with Gasteiger partial charge in [-0.2, -0.15) is 0 Å². The Bertz CT molecular complexity index is 1110. The Morgan fingerprint density at radius 3 is 2.76 bits per heavy atom. The number of aliphatic hydroxyl groups is 1. The number of Topliss-reactive ketones (excluding diaryl/α,β-unsaturated/α-hetero) is 1. The van der Waals surface area contributed by atoms with Crippen LogP contribution in [0.25, 0.3) is 5.57 Å². The molecule has 8 nitrogen and oxygen atoms in total. The molecule has 11 heteroatoms. The van der Waals surface area contributed by atoms with Crippen LogP contribution < -0.4 is 0 Å². The van der Waals surface area contributed by atoms with Gasteiger partial charge >= 0.3 is 0 Å². The number of rotatable bonds is 6. The molecule has 33 heavy (non-hydrogen) atoms. The Labute approximate surface area is 203 Å². The van der Waals surface area contributed by atoms with Crippen molar-refractivity contribution in [1.82, 2.24) is 20.0 Å². The highest BCUT2D eigenvalue weighted by Gasteiger charge is 2.49. The minimum Gasteiger partial charge on any atom is -0.382 e. The minimum absolute atomic E-state index is 0.0665. The summed E-state index contributed by atoms with van der Waals surface area (Å²) in [5.74, 6) is -1.19. The number of nitrogens with zero attached hydrogens (tertiary/aromatic N) is 4. The summed E-state index contributed by atoms with van der Waals surface area (Å²) >= 11 is 4.57. The van der Waals surface area contributed by atoms with Crippen LogP contribution in [-0.2, 0) is 20.7 Å². The second kappa shape index (κ2) is 9.57. The van der Waals surface area contributed by atoms with Crippen molar-refractivity contribution in [1.29, 1.82) is 0 Å². The van der Waals surface area contributed by atoms with E-state index in [1.54, 1.807) is 29.2 Å². The fourth-order valence-electron chi connectivity index (χ4n) is 4.15. The van der Waals surface area contributed by atoms with Gasteiger partial charge in [-0.3, -0.25) is 9.59 Å². The van der Waals surface area contributed by atoms with Crippen molar-refractivity contribution in [2.24, 2.45) is 0 Å². The smallest absolute Gasteiger partial charge is 0.248 e. The highest BCUT2D eigenvalue weighted by molar-refractivity contribution is 9.10. The summed E-state index contributed by atoms with van der Waals surface area (Å²) in [6, 6.07) is 3.12. The summed E-state index contributed by atoms with van der Waals surface area (Å²) in [6.07, 6.45) is 0.497. The van der Waals surface area contributed by atoms with E-state index in [1.807, 2.05) is 13.8 Å². The number of amides is 1. The summed E-state index contributed by atoms with van der Waals surface area (Å²) in [4.78, 5) is 29.5. The van der Waals surface area contributed by atoms with E-state index < -0.39 is 17.9 Å². The number of fused-ring (bicyclic) bond motifs is 1. The molecule has 1 aromatic carbocycles. The molecule has 1 N–H and O–H groups in total. The van der Waals surface area contributed by atoms with Crippen molar-refractivity contribution in [3.8, 4) is 0 Å². The summed E-state index contributed by atoms with van der Waals surface area (Å²) in [7, 11) is 1.58. The van der Waals surface area contributed by atoms with E-state index in [1.165, 1.54) is 23.5 Å². The number of aromatic nitrogens is 2. The fourth-order valence-corrected chi connectivity index (χ4v) is 5.52. The number of ether oxygens (including phenoxy) is 1. The number of carbonyl (C=O) groups excluding carboxylic acids is 2. The van der Waals surface area contributed by atoms with Crippen molar-refractivity contribution < 1.29 is 23.8 Å². The maximum absolute atomic E-state index is 13.4. The molecular weight excluding hydrogens is 515 g/mol. The van der Waals surface area contributed by atoms with Gasteiger partial charge in [0.2, 0.25) is 5.91 Å². The third kappa shape index (κ3) is 4.59. The maximum atomic E-state index is 13.4. The number of benzene rings is 1. The van der Waals surface area contributed by atoms with Crippen molar-refractivity contribution in [3.05, 3.63) is 50.3 Å². The number of piperazine rings is 1. The fraction of sp³-hybridized carbons (Fsp3) is 0.455. The minimum atomic E-state index is -1.52. The molecule has 1 saturated heterocycles. The van der Waals surface area contributed by atoms with Gasteiger partial charge in [-0.25, -0.2) is 4.39 Å². The van der Waals surface area contributed by atoms with Crippen LogP contribution in [0.4, 0.5) is 4.39 Å². The Morgan fingerprint density at radius 1 is 1.33 bits per heavy atom. The molecule has 176 valence electrons. The monoisotopic (exact) mass is 538 g/mol. The molecule has 2 aromatic rings. The van der Waals surface area contributed by atoms with Gasteiger partial charge < -0.3 is 19.6 Å². The number of hydrogen-bond acceptors (Lipinski definition) is 8. The Kier molecular flexibility index (Phi) is 6.94. The van der Waals surface area contributed by atoms with Crippen LogP contribution in [0.3, 0.4) is 0 Å². The third-order valence-electron chi connectivity index (χ3n) is 5.83. The molecule has 1 fully saturated rings. The zero-order valence-electron chi connectivity index (χ0n) is 18.4. The second-order valence-electron chi connectivity index (χ2n) is 8.35. The zero-order chi connectivity index (χ0) is 23.9. The van der Waals surface area contributed by atoms with E-state index in [4.69, 9.17) is 4.74 Å². The molecule has 2 aliphatic rings. The van der Waals surface area contributed by atoms with Crippen molar-refractivity contribution in [2.75, 3.05) is 20.3 Å². The van der Waals surface area contributed by atoms with Crippen LogP contribution in [0.2, 0.25) is 0 Å². The molecule has 2 aliphatic heterocycles. The van der Waals surface area contributed by atoms with E-state index >= 15 is 0 Å². The Hall–Kier alpha value is -2.21. The predicted octanol–water partition coefficient (Wildman–Crippen LogP) is 2.25. The molecule has 0 aliphatic carbocycles. The van der Waals surface area contributed by atoms with Gasteiger partial charge in [-0.1, -0.05) is 33.3 Å². The van der Waals surface area contributed by atoms with E-state index in [0.29, 0.717) is 34.1 Å². The second-order valence-corrected chi connectivity index (χ2v) is 10.3. The van der Waals surface area contributed by atoms with E-state index in [-0.39, 0.29) is 29.4 Å². The number of halogens is 2. The molecule has 0 spiro atoms. The number of carbonyl (C=O) groups is 2. The van der Waals surface area contributed by atoms with Crippen LogP contribution in [-0.4, -0.2) is 81.3 Å². The first kappa shape index (κ1) is 23.9. The average Bonchev–Trinajstić information content (AvgIpc) is 3.22. The molecule has 1 amide bonds. The highest BCUT2D eigenvalue weighted by atomic mass is 79.9. The summed E-state index contributed by atoms with van der Waals surface area (Å²) in [5, 5.41) is 20.2. The number of aliphatic hydroxyl groups excluding tert-OH is 1. The third-order valence-corrected chi connectivity index (χ3v) is 7.53. The standard InChI is InChI=1S/C22H24BrFN4O4S/c1-11(2)27-8-14(10-32-3)28-9-15(19(29)20(30)18(28)22(27)31)21-26-25-17(33-21)6-12-4-5-13(24)7-16(12)23/h4-5,7,9,11,14,18,20,30H,6,8,10H2,1-3H3/t14-,18?,20?/m1/s1. The van der Waals surface area contributed by atoms with Crippen LogP contribution >= 0.6 is 27.3 Å². The topological polar surface area (TPSA) is 95.9 Å². The zero-order valence-corrected chi connectivity index (χ0v) is 20.8. The first-order valence-corrected chi connectivity index (χ1v) is 12.1. The molecule has 1 aromatic heterocycles. The van der Waals surface area contributed by atoms with Gasteiger partial charge in [0, 0.05) is 36.8 Å². The Morgan fingerprint density at radius 2 is 2.09 bits per heavy atom. The van der Waals surface area contributed by atoms with Crippen LogP contribution in [0.5, 0.6) is 0 Å². The first-order chi connectivity index (χ1) is 15.7. The number of methoxy groups -OCH3 is 1. The van der Waals surface area contributed by atoms with Gasteiger partial charge in [-0.15, -0.1) is 10.2 Å². The average molecular weight is 539 g/mol. The van der Waals surface area contributed by atoms with Gasteiger partial charge in [0.25, 0.3) is 0 Å². The lowest BCUT2D eigenvalue weighted by molar-refractivity contribution is -0.156. The molecule has 3 heterocycles. The molecule has 0 radical (unpaired) electrons. The van der Waals surface area contributed by atoms with E-state index in [9.17, 15) is 19.1 Å². The lowest BCUT2D eigenvalue weighted by atomic mass is 9.90. The van der Waals surface area contributed by atoms with Crippen LogP contribution in [0.15, 0.2) is 28.9 Å². The lowest BCUT2D eigenvalue weighted by Crippen LogP contribution is -2.68. The highest BCUT2D eigenvalue weighted by Crippen LogP contribution is 2.33. The maximum Gasteiger partial charge on any atom is 0.248 e. The normalized spacial score (nSPS) is 23.2. The van der Waals surface area contributed by atoms with Crippen molar-refractivity contribution in [2.45, 2.75) is 44.5 Å². The Balaban J connectivity index is 1.65. The van der Waals surface area contributed by atoms with Gasteiger partial charge in [0.05, 0.1) is 18.2 Å². The summed E-state index contributed by atoms with van der Waals surface area (Å²) < 4.78 is 19.3. The van der Waals surface area contributed by atoms with Crippen LogP contribution in [0, 0.1) is 5.82 Å². The molecule has 3 atom stereocenters. The summed E-state index contributed by atoms with van der Waals surface area (Å²) in [5.41, 5.74) is 1.05.